The second-order valence-electron chi connectivity index (χ2n) is 7.48. The van der Waals surface area contributed by atoms with Gasteiger partial charge in [0, 0.05) is 11.4 Å². The first-order chi connectivity index (χ1) is 17.2. The molecule has 0 bridgehead atoms. The lowest BCUT2D eigenvalue weighted by atomic mass is 10.2. The Morgan fingerprint density at radius 1 is 0.657 bits per heavy atom. The quantitative estimate of drug-likeness (QED) is 0.188. The van der Waals surface area contributed by atoms with Crippen molar-refractivity contribution in [1.82, 2.24) is 0 Å². The number of hydrogen-bond donors (Lipinski definition) is 2. The Balaban J connectivity index is 1.38. The number of nitrogens with zero attached hydrogens (tertiary/aromatic N) is 1. The molecule has 0 aliphatic carbocycles. The molecule has 2 N–H and O–H groups in total. The van der Waals surface area contributed by atoms with E-state index in [9.17, 15) is 0 Å². The third-order valence-corrected chi connectivity index (χ3v) is 6.20. The number of rotatable bonds is 8. The number of hydrogen-bond acceptors (Lipinski definition) is 5. The van der Waals surface area contributed by atoms with Crippen LogP contribution in [-0.4, -0.2) is 17.7 Å². The van der Waals surface area contributed by atoms with Crippen LogP contribution in [0.1, 0.15) is 5.56 Å². The highest BCUT2D eigenvalue weighted by Gasteiger charge is 2.02. The van der Waals surface area contributed by atoms with E-state index in [1.165, 1.54) is 0 Å². The minimum atomic E-state index is 0.768. The largest absolute Gasteiger partial charge is 0.457 e. The van der Waals surface area contributed by atoms with Crippen LogP contribution in [0.15, 0.2) is 119 Å². The minimum absolute atomic E-state index is 0.768. The van der Waals surface area contributed by atoms with Crippen molar-refractivity contribution >= 4 is 51.8 Å². The molecule has 176 valence electrons. The fraction of sp³-hybridized carbons (Fsp3) is 0.0690. The lowest BCUT2D eigenvalue weighted by Crippen LogP contribution is -2.06. The Hall–Kier alpha value is -3.61. The molecule has 0 heterocycles. The van der Waals surface area contributed by atoms with Gasteiger partial charge in [-0.3, -0.25) is 0 Å². The Bertz CT molecular complexity index is 1160. The summed E-state index contributed by atoms with van der Waals surface area (Å²) in [5.41, 5.74) is 4.05. The fourth-order valence-corrected chi connectivity index (χ4v) is 4.10. The molecule has 0 spiro atoms. The molecule has 0 saturated heterocycles. The normalized spacial score (nSPS) is 11.7. The third kappa shape index (κ3) is 7.70. The van der Waals surface area contributed by atoms with Crippen molar-refractivity contribution in [3.8, 4) is 11.5 Å². The fourth-order valence-electron chi connectivity index (χ4n) is 3.20. The summed E-state index contributed by atoms with van der Waals surface area (Å²) < 4.78 is 6.03. The molecule has 6 heteroatoms. The van der Waals surface area contributed by atoms with Crippen LogP contribution in [0.4, 0.5) is 17.1 Å². The summed E-state index contributed by atoms with van der Waals surface area (Å²) in [5, 5.41) is 8.69. The minimum Gasteiger partial charge on any atom is -0.457 e. The lowest BCUT2D eigenvalue weighted by Gasteiger charge is -2.10. The first-order valence-corrected chi connectivity index (χ1v) is 13.6. The van der Waals surface area contributed by atoms with Crippen LogP contribution in [0.5, 0.6) is 11.5 Å². The summed E-state index contributed by atoms with van der Waals surface area (Å²) >= 11 is 3.25. The number of benzene rings is 4. The van der Waals surface area contributed by atoms with Crippen LogP contribution in [0.3, 0.4) is 0 Å². The summed E-state index contributed by atoms with van der Waals surface area (Å²) in [4.78, 5) is 4.70. The Morgan fingerprint density at radius 3 is 1.74 bits per heavy atom. The standard InChI is InChI=1S/C29H27N3OS2/c1-34-28(30-23-9-5-3-6-10-23)21-22-13-17-26(18-14-22)33-27-19-15-25(16-20-27)32-29(35-2)31-24-11-7-4-8-12-24/h3-21,30H,1-2H3,(H,31,32)/b28-21-. The lowest BCUT2D eigenvalue weighted by molar-refractivity contribution is 0.482. The Kier molecular flexibility index (Phi) is 8.92. The summed E-state index contributed by atoms with van der Waals surface area (Å²) in [6, 6.07) is 36.0. The van der Waals surface area contributed by atoms with E-state index in [4.69, 9.17) is 9.73 Å². The molecule has 0 aromatic heterocycles. The van der Waals surface area contributed by atoms with Crippen molar-refractivity contribution in [3.05, 3.63) is 120 Å². The molecule has 0 saturated carbocycles. The first kappa shape index (κ1) is 24.5. The molecule has 4 nitrogen and oxygen atoms in total. The van der Waals surface area contributed by atoms with Crippen molar-refractivity contribution in [2.45, 2.75) is 0 Å². The van der Waals surface area contributed by atoms with E-state index < -0.39 is 0 Å². The first-order valence-electron chi connectivity index (χ1n) is 11.1. The van der Waals surface area contributed by atoms with Gasteiger partial charge >= 0.3 is 0 Å². The molecule has 0 aliphatic rings. The second-order valence-corrected chi connectivity index (χ2v) is 9.12. The predicted molar refractivity (Wildman–Crippen MR) is 155 cm³/mol. The molecule has 0 atom stereocenters. The van der Waals surface area contributed by atoms with Crippen LogP contribution < -0.4 is 15.4 Å². The van der Waals surface area contributed by atoms with E-state index in [1.807, 2.05) is 91.2 Å². The third-order valence-electron chi connectivity index (χ3n) is 4.96. The molecular weight excluding hydrogens is 470 g/mol. The van der Waals surface area contributed by atoms with Crippen LogP contribution in [0.2, 0.25) is 0 Å². The van der Waals surface area contributed by atoms with Crippen molar-refractivity contribution < 1.29 is 4.74 Å². The number of anilines is 2. The number of nitrogens with one attached hydrogen (secondary N) is 2. The van der Waals surface area contributed by atoms with Gasteiger partial charge in [0.15, 0.2) is 5.17 Å². The number of amidine groups is 1. The monoisotopic (exact) mass is 497 g/mol. The van der Waals surface area contributed by atoms with Gasteiger partial charge in [0.2, 0.25) is 0 Å². The summed E-state index contributed by atoms with van der Waals surface area (Å²) in [7, 11) is 0. The Morgan fingerprint density at radius 2 is 1.20 bits per heavy atom. The number of thioether (sulfide) groups is 2. The highest BCUT2D eigenvalue weighted by atomic mass is 32.2. The van der Waals surface area contributed by atoms with E-state index in [2.05, 4.69) is 47.2 Å². The molecule has 4 aromatic carbocycles. The SMILES string of the molecule is CSC(=Nc1ccc(Oc2ccc(/C=C(/Nc3ccccc3)SC)cc2)cc1)Nc1ccccc1. The number of aliphatic imine (C=N–C) groups is 1. The number of para-hydroxylation sites is 2. The van der Waals surface area contributed by atoms with Crippen LogP contribution in [-0.2, 0) is 0 Å². The van der Waals surface area contributed by atoms with E-state index >= 15 is 0 Å². The molecular formula is C29H27N3OS2. The van der Waals surface area contributed by atoms with Gasteiger partial charge in [-0.1, -0.05) is 60.3 Å². The van der Waals surface area contributed by atoms with Gasteiger partial charge in [0.1, 0.15) is 11.5 Å². The van der Waals surface area contributed by atoms with Gasteiger partial charge in [-0.15, -0.1) is 11.8 Å². The van der Waals surface area contributed by atoms with Crippen LogP contribution >= 0.6 is 23.5 Å². The topological polar surface area (TPSA) is 45.6 Å². The van der Waals surface area contributed by atoms with Crippen LogP contribution in [0.25, 0.3) is 6.08 Å². The molecule has 0 aliphatic heterocycles. The van der Waals surface area contributed by atoms with Gasteiger partial charge in [-0.05, 0) is 84.8 Å². The van der Waals surface area contributed by atoms with Gasteiger partial charge in [-0.2, -0.15) is 0 Å². The average Bonchev–Trinajstić information content (AvgIpc) is 2.91. The maximum absolute atomic E-state index is 6.03. The zero-order valence-electron chi connectivity index (χ0n) is 19.6. The zero-order chi connectivity index (χ0) is 24.3. The van der Waals surface area contributed by atoms with Crippen molar-refractivity contribution in [3.63, 3.8) is 0 Å². The molecule has 35 heavy (non-hydrogen) atoms. The van der Waals surface area contributed by atoms with Gasteiger partial charge in [0.25, 0.3) is 0 Å². The molecule has 0 unspecified atom stereocenters. The van der Waals surface area contributed by atoms with Crippen molar-refractivity contribution in [2.75, 3.05) is 23.1 Å². The summed E-state index contributed by atoms with van der Waals surface area (Å²) in [5.74, 6) is 1.56. The average molecular weight is 498 g/mol. The highest BCUT2D eigenvalue weighted by molar-refractivity contribution is 8.13. The molecule has 0 radical (unpaired) electrons. The van der Waals surface area contributed by atoms with Crippen molar-refractivity contribution in [2.24, 2.45) is 4.99 Å². The van der Waals surface area contributed by atoms with Gasteiger partial charge in [0.05, 0.1) is 10.7 Å². The maximum atomic E-state index is 6.03. The van der Waals surface area contributed by atoms with Gasteiger partial charge < -0.3 is 15.4 Å². The van der Waals surface area contributed by atoms with E-state index in [0.29, 0.717) is 0 Å². The zero-order valence-corrected chi connectivity index (χ0v) is 21.3. The second kappa shape index (κ2) is 12.7. The number of ether oxygens (including phenoxy) is 1. The highest BCUT2D eigenvalue weighted by Crippen LogP contribution is 2.26. The summed E-state index contributed by atoms with van der Waals surface area (Å²) in [6.07, 6.45) is 6.19. The summed E-state index contributed by atoms with van der Waals surface area (Å²) in [6.45, 7) is 0. The van der Waals surface area contributed by atoms with Gasteiger partial charge in [-0.25, -0.2) is 4.99 Å². The molecule has 4 aromatic rings. The molecule has 4 rings (SSSR count). The maximum Gasteiger partial charge on any atom is 0.165 e. The van der Waals surface area contributed by atoms with E-state index in [-0.39, 0.29) is 0 Å². The molecule has 0 fully saturated rings. The van der Waals surface area contributed by atoms with Crippen molar-refractivity contribution in [1.29, 1.82) is 0 Å². The van der Waals surface area contributed by atoms with E-state index in [0.717, 1.165) is 44.3 Å². The predicted octanol–water partition coefficient (Wildman–Crippen LogP) is 8.72. The molecule has 0 amide bonds. The smallest absolute Gasteiger partial charge is 0.165 e. The Labute approximate surface area is 215 Å². The van der Waals surface area contributed by atoms with E-state index in [1.54, 1.807) is 23.5 Å². The van der Waals surface area contributed by atoms with Crippen LogP contribution in [0, 0.1) is 0 Å².